The molecular formula is C7H11NO. The van der Waals surface area contributed by atoms with E-state index in [1.165, 1.54) is 5.57 Å². The average molecular weight is 125 g/mol. The lowest BCUT2D eigenvalue weighted by Crippen LogP contribution is -1.89. The molecule has 0 aromatic rings. The van der Waals surface area contributed by atoms with Gasteiger partial charge in [0.2, 0.25) is 0 Å². The van der Waals surface area contributed by atoms with Gasteiger partial charge in [-0.3, -0.25) is 0 Å². The van der Waals surface area contributed by atoms with Crippen LogP contribution < -0.4 is 5.73 Å². The van der Waals surface area contributed by atoms with Crippen LogP contribution in [-0.2, 0) is 4.74 Å². The van der Waals surface area contributed by atoms with Gasteiger partial charge in [-0.1, -0.05) is 6.08 Å². The third-order valence-electron chi connectivity index (χ3n) is 1.48. The van der Waals surface area contributed by atoms with Crippen LogP contribution in [0.4, 0.5) is 0 Å². The molecule has 1 aliphatic rings. The van der Waals surface area contributed by atoms with Gasteiger partial charge < -0.3 is 10.5 Å². The second-order valence-electron chi connectivity index (χ2n) is 2.00. The molecule has 0 spiro atoms. The van der Waals surface area contributed by atoms with Gasteiger partial charge in [0.25, 0.3) is 0 Å². The molecule has 1 heterocycles. The fourth-order valence-corrected chi connectivity index (χ4v) is 0.880. The van der Waals surface area contributed by atoms with Crippen LogP contribution in [-0.4, -0.2) is 13.2 Å². The molecule has 2 nitrogen and oxygen atoms in total. The molecule has 0 aromatic carbocycles. The molecular weight excluding hydrogens is 114 g/mol. The Morgan fingerprint density at radius 3 is 2.56 bits per heavy atom. The van der Waals surface area contributed by atoms with Gasteiger partial charge in [-0.05, 0) is 24.3 Å². The van der Waals surface area contributed by atoms with Gasteiger partial charge in [-0.25, -0.2) is 0 Å². The van der Waals surface area contributed by atoms with E-state index in [-0.39, 0.29) is 0 Å². The van der Waals surface area contributed by atoms with Crippen LogP contribution in [0.1, 0.15) is 6.92 Å². The fraction of sp³-hybridized carbons (Fsp3) is 0.429. The zero-order valence-electron chi connectivity index (χ0n) is 5.55. The van der Waals surface area contributed by atoms with Gasteiger partial charge in [-0.15, -0.1) is 0 Å². The van der Waals surface area contributed by atoms with Crippen LogP contribution in [0.25, 0.3) is 0 Å². The first-order valence-electron chi connectivity index (χ1n) is 3.02. The Morgan fingerprint density at radius 1 is 1.44 bits per heavy atom. The van der Waals surface area contributed by atoms with Crippen molar-refractivity contribution in [2.45, 2.75) is 6.92 Å². The lowest BCUT2D eigenvalue weighted by Gasteiger charge is -1.91. The fourth-order valence-electron chi connectivity index (χ4n) is 0.880. The zero-order valence-corrected chi connectivity index (χ0v) is 5.55. The minimum Gasteiger partial charge on any atom is -0.404 e. The second-order valence-corrected chi connectivity index (χ2v) is 2.00. The summed E-state index contributed by atoms with van der Waals surface area (Å²) < 4.78 is 5.13. The summed E-state index contributed by atoms with van der Waals surface area (Å²) in [6.45, 7) is 3.39. The molecule has 2 N–H and O–H groups in total. The van der Waals surface area contributed by atoms with E-state index in [9.17, 15) is 0 Å². The number of allylic oxidation sites excluding steroid dienone is 1. The highest BCUT2D eigenvalue weighted by atomic mass is 16.5. The second kappa shape index (κ2) is 2.69. The molecule has 1 rings (SSSR count). The molecule has 0 aliphatic carbocycles. The summed E-state index contributed by atoms with van der Waals surface area (Å²) in [5.74, 6) is 0. The van der Waals surface area contributed by atoms with Crippen molar-refractivity contribution in [1.29, 1.82) is 0 Å². The SMILES string of the molecule is C/C=C1/COC/C1=C/N. The van der Waals surface area contributed by atoms with Gasteiger partial charge in [0.05, 0.1) is 13.2 Å². The maximum Gasteiger partial charge on any atom is 0.0738 e. The van der Waals surface area contributed by atoms with Crippen molar-refractivity contribution >= 4 is 0 Å². The summed E-state index contributed by atoms with van der Waals surface area (Å²) in [4.78, 5) is 0. The van der Waals surface area contributed by atoms with Crippen LogP contribution >= 0.6 is 0 Å². The molecule has 2 heteroatoms. The van der Waals surface area contributed by atoms with Crippen molar-refractivity contribution in [3.63, 3.8) is 0 Å². The first-order valence-corrected chi connectivity index (χ1v) is 3.02. The predicted molar refractivity (Wildman–Crippen MR) is 36.8 cm³/mol. The smallest absolute Gasteiger partial charge is 0.0738 e. The molecule has 0 unspecified atom stereocenters. The molecule has 0 bridgehead atoms. The standard InChI is InChI=1S/C7H11NO/c1-2-6-4-9-5-7(6)3-8/h2-3H,4-5,8H2,1H3/b6-2-,7-3-. The minimum absolute atomic E-state index is 0.677. The number of hydrogen-bond donors (Lipinski definition) is 1. The largest absolute Gasteiger partial charge is 0.404 e. The molecule has 1 saturated heterocycles. The third-order valence-corrected chi connectivity index (χ3v) is 1.48. The molecule has 0 radical (unpaired) electrons. The Labute approximate surface area is 55.0 Å². The van der Waals surface area contributed by atoms with E-state index in [2.05, 4.69) is 0 Å². The quantitative estimate of drug-likeness (QED) is 0.520. The van der Waals surface area contributed by atoms with Crippen LogP contribution in [0.3, 0.4) is 0 Å². The summed E-state index contributed by atoms with van der Waals surface area (Å²) in [6.07, 6.45) is 3.65. The summed E-state index contributed by atoms with van der Waals surface area (Å²) in [5.41, 5.74) is 7.66. The van der Waals surface area contributed by atoms with Crippen LogP contribution in [0.2, 0.25) is 0 Å². The van der Waals surface area contributed by atoms with Gasteiger partial charge in [0.15, 0.2) is 0 Å². The van der Waals surface area contributed by atoms with Crippen LogP contribution in [0, 0.1) is 0 Å². The van der Waals surface area contributed by atoms with Gasteiger partial charge >= 0.3 is 0 Å². The normalized spacial score (nSPS) is 28.1. The Kier molecular flexibility index (Phi) is 1.90. The molecule has 0 atom stereocenters. The van der Waals surface area contributed by atoms with Crippen molar-refractivity contribution in [1.82, 2.24) is 0 Å². The van der Waals surface area contributed by atoms with Gasteiger partial charge in [-0.2, -0.15) is 0 Å². The number of hydrogen-bond acceptors (Lipinski definition) is 2. The van der Waals surface area contributed by atoms with E-state index < -0.39 is 0 Å². The highest BCUT2D eigenvalue weighted by molar-refractivity contribution is 5.33. The minimum atomic E-state index is 0.677. The van der Waals surface area contributed by atoms with Crippen molar-refractivity contribution in [2.24, 2.45) is 5.73 Å². The zero-order chi connectivity index (χ0) is 6.69. The molecule has 1 aliphatic heterocycles. The van der Waals surface area contributed by atoms with Crippen molar-refractivity contribution < 1.29 is 4.74 Å². The van der Waals surface area contributed by atoms with E-state index in [1.54, 1.807) is 6.20 Å². The molecule has 9 heavy (non-hydrogen) atoms. The lowest BCUT2D eigenvalue weighted by molar-refractivity contribution is 0.214. The average Bonchev–Trinajstić information content (AvgIpc) is 2.33. The maximum absolute atomic E-state index is 5.32. The highest BCUT2D eigenvalue weighted by Crippen LogP contribution is 2.16. The molecule has 0 aromatic heterocycles. The van der Waals surface area contributed by atoms with Crippen molar-refractivity contribution in [3.8, 4) is 0 Å². The summed E-state index contributed by atoms with van der Waals surface area (Å²) >= 11 is 0. The van der Waals surface area contributed by atoms with E-state index in [1.807, 2.05) is 13.0 Å². The first kappa shape index (κ1) is 6.36. The third kappa shape index (κ3) is 1.13. The summed E-state index contributed by atoms with van der Waals surface area (Å²) in [6, 6.07) is 0. The van der Waals surface area contributed by atoms with Crippen LogP contribution in [0.5, 0.6) is 0 Å². The first-order chi connectivity index (χ1) is 4.38. The molecule has 0 amide bonds. The Morgan fingerprint density at radius 2 is 2.11 bits per heavy atom. The molecule has 0 saturated carbocycles. The molecule has 50 valence electrons. The van der Waals surface area contributed by atoms with Crippen LogP contribution in [0.15, 0.2) is 23.4 Å². The van der Waals surface area contributed by atoms with E-state index in [0.717, 1.165) is 12.2 Å². The summed E-state index contributed by atoms with van der Waals surface area (Å²) in [5, 5.41) is 0. The molecule has 1 fully saturated rings. The highest BCUT2D eigenvalue weighted by Gasteiger charge is 2.11. The Hall–Kier alpha value is -0.760. The van der Waals surface area contributed by atoms with E-state index in [4.69, 9.17) is 10.5 Å². The monoisotopic (exact) mass is 125 g/mol. The van der Waals surface area contributed by atoms with Crippen molar-refractivity contribution in [3.05, 3.63) is 23.4 Å². The van der Waals surface area contributed by atoms with Gasteiger partial charge in [0.1, 0.15) is 0 Å². The number of nitrogens with two attached hydrogens (primary N) is 1. The lowest BCUT2D eigenvalue weighted by atomic mass is 10.1. The predicted octanol–water partition coefficient (Wildman–Crippen LogP) is 0.806. The van der Waals surface area contributed by atoms with Gasteiger partial charge in [0, 0.05) is 0 Å². The van der Waals surface area contributed by atoms with E-state index in [0.29, 0.717) is 6.61 Å². The number of ether oxygens (including phenoxy) is 1. The topological polar surface area (TPSA) is 35.2 Å². The van der Waals surface area contributed by atoms with E-state index >= 15 is 0 Å². The number of rotatable bonds is 0. The summed E-state index contributed by atoms with van der Waals surface area (Å²) in [7, 11) is 0. The Bertz CT molecular complexity index is 140. The Balaban J connectivity index is 2.75. The maximum atomic E-state index is 5.32. The van der Waals surface area contributed by atoms with Crippen molar-refractivity contribution in [2.75, 3.05) is 13.2 Å².